The highest BCUT2D eigenvalue weighted by Gasteiger charge is 2.30. The fourth-order valence-electron chi connectivity index (χ4n) is 3.70. The summed E-state index contributed by atoms with van der Waals surface area (Å²) in [5.74, 6) is 1.63. The van der Waals surface area contributed by atoms with Crippen LogP contribution in [0, 0.1) is 0 Å². The largest absolute Gasteiger partial charge is 0.497 e. The first-order valence-corrected chi connectivity index (χ1v) is 9.75. The van der Waals surface area contributed by atoms with Crippen molar-refractivity contribution in [3.05, 3.63) is 72.1 Å². The number of anilines is 1. The molecule has 1 aliphatic heterocycles. The van der Waals surface area contributed by atoms with Gasteiger partial charge < -0.3 is 9.64 Å². The molecule has 1 fully saturated rings. The molecule has 2 heterocycles. The van der Waals surface area contributed by atoms with Gasteiger partial charge in [-0.3, -0.25) is 9.47 Å². The molecule has 0 radical (unpaired) electrons. The number of ether oxygens (including phenoxy) is 1. The van der Waals surface area contributed by atoms with Gasteiger partial charge in [0.15, 0.2) is 0 Å². The summed E-state index contributed by atoms with van der Waals surface area (Å²) in [6, 6.07) is 13.3. The highest BCUT2D eigenvalue weighted by Crippen LogP contribution is 2.30. The average molecular weight is 416 g/mol. The Morgan fingerprint density at radius 3 is 2.50 bits per heavy atom. The third-order valence-electron chi connectivity index (χ3n) is 5.27. The Morgan fingerprint density at radius 1 is 1.00 bits per heavy atom. The second kappa shape index (κ2) is 8.39. The second-order valence-corrected chi connectivity index (χ2v) is 7.26. The lowest BCUT2D eigenvalue weighted by atomic mass is 10.1. The van der Waals surface area contributed by atoms with Crippen LogP contribution in [-0.4, -0.2) is 47.7 Å². The molecule has 158 valence electrons. The summed E-state index contributed by atoms with van der Waals surface area (Å²) >= 11 is 0. The van der Waals surface area contributed by atoms with Crippen LogP contribution in [0.1, 0.15) is 11.1 Å². The van der Waals surface area contributed by atoms with Crippen molar-refractivity contribution in [2.24, 2.45) is 0 Å². The molecule has 0 bridgehead atoms. The Balaban J connectivity index is 1.42. The van der Waals surface area contributed by atoms with Gasteiger partial charge in [-0.25, -0.2) is 4.98 Å². The zero-order chi connectivity index (χ0) is 21.1. The molecule has 1 aromatic heterocycles. The summed E-state index contributed by atoms with van der Waals surface area (Å²) in [7, 11) is 1.64. The van der Waals surface area contributed by atoms with Crippen LogP contribution in [0.25, 0.3) is 5.69 Å². The molecule has 1 aliphatic rings. The first-order chi connectivity index (χ1) is 14.4. The number of halogens is 3. The summed E-state index contributed by atoms with van der Waals surface area (Å²) in [6.07, 6.45) is -0.630. The van der Waals surface area contributed by atoms with Crippen LogP contribution in [-0.2, 0) is 12.7 Å². The maximum absolute atomic E-state index is 12.9. The lowest BCUT2D eigenvalue weighted by Crippen LogP contribution is -2.46. The topological polar surface area (TPSA) is 33.5 Å². The van der Waals surface area contributed by atoms with E-state index < -0.39 is 11.7 Å². The number of alkyl halides is 3. The predicted molar refractivity (Wildman–Crippen MR) is 109 cm³/mol. The van der Waals surface area contributed by atoms with E-state index in [2.05, 4.69) is 14.8 Å². The maximum Gasteiger partial charge on any atom is 0.416 e. The Bertz CT molecular complexity index is 994. The number of hydrogen-bond acceptors (Lipinski definition) is 4. The molecule has 8 heteroatoms. The van der Waals surface area contributed by atoms with E-state index in [0.717, 1.165) is 49.6 Å². The van der Waals surface area contributed by atoms with E-state index in [1.807, 2.05) is 35.0 Å². The average Bonchev–Trinajstić information content (AvgIpc) is 3.24. The number of piperazine rings is 1. The molecule has 4 rings (SSSR count). The molecule has 0 atom stereocenters. The smallest absolute Gasteiger partial charge is 0.416 e. The quantitative estimate of drug-likeness (QED) is 0.624. The SMILES string of the molecule is COc1cccc(-n2ccnc2N2CCN(Cc3cccc(C(F)(F)F)c3)CC2)c1. The number of benzene rings is 2. The van der Waals surface area contributed by atoms with E-state index in [4.69, 9.17) is 4.74 Å². The summed E-state index contributed by atoms with van der Waals surface area (Å²) in [6.45, 7) is 3.50. The summed E-state index contributed by atoms with van der Waals surface area (Å²) in [4.78, 5) is 8.89. The molecule has 0 amide bonds. The van der Waals surface area contributed by atoms with Crippen molar-refractivity contribution in [2.45, 2.75) is 12.7 Å². The Hall–Kier alpha value is -3.00. The first-order valence-electron chi connectivity index (χ1n) is 9.75. The Labute approximate surface area is 173 Å². The van der Waals surface area contributed by atoms with Crippen molar-refractivity contribution in [1.29, 1.82) is 0 Å². The van der Waals surface area contributed by atoms with Crippen molar-refractivity contribution < 1.29 is 17.9 Å². The minimum absolute atomic E-state index is 0.502. The van der Waals surface area contributed by atoms with E-state index in [9.17, 15) is 13.2 Å². The molecule has 0 spiro atoms. The number of nitrogens with zero attached hydrogens (tertiary/aromatic N) is 4. The molecule has 1 saturated heterocycles. The Morgan fingerprint density at radius 2 is 1.77 bits per heavy atom. The Kier molecular flexibility index (Phi) is 5.67. The van der Waals surface area contributed by atoms with Crippen LogP contribution in [0.3, 0.4) is 0 Å². The molecule has 30 heavy (non-hydrogen) atoms. The summed E-state index contributed by atoms with van der Waals surface area (Å²) in [5, 5.41) is 0. The van der Waals surface area contributed by atoms with Gasteiger partial charge >= 0.3 is 6.18 Å². The lowest BCUT2D eigenvalue weighted by Gasteiger charge is -2.35. The number of imidazole rings is 1. The van der Waals surface area contributed by atoms with Crippen LogP contribution in [0.4, 0.5) is 19.1 Å². The second-order valence-electron chi connectivity index (χ2n) is 7.26. The highest BCUT2D eigenvalue weighted by atomic mass is 19.4. The van der Waals surface area contributed by atoms with Gasteiger partial charge in [-0.2, -0.15) is 13.2 Å². The normalized spacial score (nSPS) is 15.4. The van der Waals surface area contributed by atoms with E-state index >= 15 is 0 Å². The minimum Gasteiger partial charge on any atom is -0.497 e. The lowest BCUT2D eigenvalue weighted by molar-refractivity contribution is -0.137. The highest BCUT2D eigenvalue weighted by molar-refractivity contribution is 5.47. The molecule has 5 nitrogen and oxygen atoms in total. The number of aromatic nitrogens is 2. The van der Waals surface area contributed by atoms with Crippen LogP contribution in [0.5, 0.6) is 5.75 Å². The van der Waals surface area contributed by atoms with Crippen molar-refractivity contribution >= 4 is 5.95 Å². The van der Waals surface area contributed by atoms with E-state index in [-0.39, 0.29) is 0 Å². The molecule has 0 N–H and O–H groups in total. The van der Waals surface area contributed by atoms with Gasteiger partial charge in [-0.15, -0.1) is 0 Å². The molecular weight excluding hydrogens is 393 g/mol. The van der Waals surface area contributed by atoms with Gasteiger partial charge in [0.05, 0.1) is 18.4 Å². The van der Waals surface area contributed by atoms with Gasteiger partial charge in [0.2, 0.25) is 5.95 Å². The van der Waals surface area contributed by atoms with E-state index in [1.54, 1.807) is 19.4 Å². The number of rotatable bonds is 5. The fraction of sp³-hybridized carbons (Fsp3) is 0.318. The number of methoxy groups -OCH3 is 1. The zero-order valence-corrected chi connectivity index (χ0v) is 16.6. The van der Waals surface area contributed by atoms with Crippen molar-refractivity contribution in [3.63, 3.8) is 0 Å². The van der Waals surface area contributed by atoms with E-state index in [0.29, 0.717) is 12.1 Å². The van der Waals surface area contributed by atoms with Crippen LogP contribution in [0.15, 0.2) is 60.9 Å². The van der Waals surface area contributed by atoms with Gasteiger partial charge in [-0.05, 0) is 23.8 Å². The third kappa shape index (κ3) is 4.43. The van der Waals surface area contributed by atoms with Gasteiger partial charge in [0.1, 0.15) is 5.75 Å². The number of hydrogen-bond donors (Lipinski definition) is 0. The molecule has 3 aromatic rings. The maximum atomic E-state index is 12.9. The summed E-state index contributed by atoms with van der Waals surface area (Å²) in [5.41, 5.74) is 1.04. The molecule has 0 aliphatic carbocycles. The van der Waals surface area contributed by atoms with Gasteiger partial charge in [0, 0.05) is 51.2 Å². The fourth-order valence-corrected chi connectivity index (χ4v) is 3.70. The van der Waals surface area contributed by atoms with Gasteiger partial charge in [0.25, 0.3) is 0 Å². The predicted octanol–water partition coefficient (Wildman–Crippen LogP) is 4.22. The van der Waals surface area contributed by atoms with Crippen molar-refractivity contribution in [2.75, 3.05) is 38.2 Å². The standard InChI is InChI=1S/C22H23F3N4O/c1-30-20-7-3-6-19(15-20)29-9-8-26-21(29)28-12-10-27(11-13-28)16-17-4-2-5-18(14-17)22(23,24)25/h2-9,14-15H,10-13,16H2,1H3. The third-order valence-corrected chi connectivity index (χ3v) is 5.27. The van der Waals surface area contributed by atoms with Crippen LogP contribution in [0.2, 0.25) is 0 Å². The van der Waals surface area contributed by atoms with Crippen LogP contribution < -0.4 is 9.64 Å². The molecule has 2 aromatic carbocycles. The van der Waals surface area contributed by atoms with Crippen molar-refractivity contribution in [3.8, 4) is 11.4 Å². The zero-order valence-electron chi connectivity index (χ0n) is 16.6. The summed E-state index contributed by atoms with van der Waals surface area (Å²) < 4.78 is 46.2. The minimum atomic E-state index is -4.31. The molecule has 0 unspecified atom stereocenters. The van der Waals surface area contributed by atoms with Gasteiger partial charge in [-0.1, -0.05) is 24.3 Å². The monoisotopic (exact) mass is 416 g/mol. The van der Waals surface area contributed by atoms with Crippen molar-refractivity contribution in [1.82, 2.24) is 14.5 Å². The molecule has 0 saturated carbocycles. The molecular formula is C22H23F3N4O. The first kappa shape index (κ1) is 20.3. The van der Waals surface area contributed by atoms with Crippen LogP contribution >= 0.6 is 0 Å². The van der Waals surface area contributed by atoms with E-state index in [1.165, 1.54) is 12.1 Å².